The summed E-state index contributed by atoms with van der Waals surface area (Å²) in [6.07, 6.45) is 2.18. The predicted molar refractivity (Wildman–Crippen MR) is 104 cm³/mol. The summed E-state index contributed by atoms with van der Waals surface area (Å²) >= 11 is 0. The Morgan fingerprint density at radius 1 is 1.22 bits per heavy atom. The number of piperidine rings is 1. The van der Waals surface area contributed by atoms with Crippen LogP contribution in [0.1, 0.15) is 38.7 Å². The van der Waals surface area contributed by atoms with Crippen molar-refractivity contribution in [3.63, 3.8) is 0 Å². The van der Waals surface area contributed by atoms with Crippen LogP contribution in [0.15, 0.2) is 30.3 Å². The van der Waals surface area contributed by atoms with Crippen molar-refractivity contribution >= 4 is 11.8 Å². The fourth-order valence-corrected chi connectivity index (χ4v) is 3.97. The molecule has 0 aromatic heterocycles. The predicted octanol–water partition coefficient (Wildman–Crippen LogP) is 1.39. The SMILES string of the molecule is CC(C)(CO)NC(=O)C1CC(=O)N(C2CCN(Cc3ccccc3)CC2)C1. The standard InChI is InChI=1S/C21H31N3O3/c1-21(2,15-25)22-20(27)17-12-19(26)24(14-17)18-8-10-23(11-9-18)13-16-6-4-3-5-7-16/h3-7,17-18,25H,8-15H2,1-2H3,(H,22,27). The van der Waals surface area contributed by atoms with Crippen LogP contribution in [0.3, 0.4) is 0 Å². The van der Waals surface area contributed by atoms with Gasteiger partial charge in [-0.2, -0.15) is 0 Å². The summed E-state index contributed by atoms with van der Waals surface area (Å²) in [5.41, 5.74) is 0.660. The monoisotopic (exact) mass is 373 g/mol. The van der Waals surface area contributed by atoms with Gasteiger partial charge in [-0.1, -0.05) is 30.3 Å². The average molecular weight is 373 g/mol. The van der Waals surface area contributed by atoms with E-state index in [0.717, 1.165) is 32.5 Å². The van der Waals surface area contributed by atoms with Gasteiger partial charge in [0.1, 0.15) is 0 Å². The number of nitrogens with one attached hydrogen (secondary N) is 1. The maximum atomic E-state index is 12.5. The van der Waals surface area contributed by atoms with Gasteiger partial charge >= 0.3 is 0 Å². The van der Waals surface area contributed by atoms with Gasteiger partial charge in [0, 0.05) is 38.6 Å². The molecule has 2 N–H and O–H groups in total. The van der Waals surface area contributed by atoms with Crippen molar-refractivity contribution in [1.82, 2.24) is 15.1 Å². The molecule has 1 unspecified atom stereocenters. The third-order valence-corrected chi connectivity index (χ3v) is 5.63. The number of aliphatic hydroxyl groups excluding tert-OH is 1. The molecule has 2 aliphatic rings. The first-order chi connectivity index (χ1) is 12.9. The lowest BCUT2D eigenvalue weighted by Gasteiger charge is -2.37. The Kier molecular flexibility index (Phi) is 6.17. The highest BCUT2D eigenvalue weighted by atomic mass is 16.3. The number of hydrogen-bond acceptors (Lipinski definition) is 4. The Morgan fingerprint density at radius 3 is 2.52 bits per heavy atom. The van der Waals surface area contributed by atoms with Gasteiger partial charge in [0.2, 0.25) is 11.8 Å². The zero-order chi connectivity index (χ0) is 19.4. The number of amides is 2. The Labute approximate surface area is 161 Å². The van der Waals surface area contributed by atoms with E-state index in [2.05, 4.69) is 34.5 Å². The van der Waals surface area contributed by atoms with Crippen molar-refractivity contribution in [2.75, 3.05) is 26.2 Å². The lowest BCUT2D eigenvalue weighted by molar-refractivity contribution is -0.131. The Balaban J connectivity index is 1.50. The van der Waals surface area contributed by atoms with E-state index in [4.69, 9.17) is 0 Å². The number of carbonyl (C=O) groups excluding carboxylic acids is 2. The molecular weight excluding hydrogens is 342 g/mol. The molecule has 3 rings (SSSR count). The first kappa shape index (κ1) is 19.8. The Morgan fingerprint density at radius 2 is 1.89 bits per heavy atom. The fourth-order valence-electron chi connectivity index (χ4n) is 3.97. The van der Waals surface area contributed by atoms with Gasteiger partial charge in [0.15, 0.2) is 0 Å². The van der Waals surface area contributed by atoms with Gasteiger partial charge in [0.25, 0.3) is 0 Å². The zero-order valence-corrected chi connectivity index (χ0v) is 16.4. The molecule has 0 bridgehead atoms. The minimum atomic E-state index is -0.656. The number of rotatable bonds is 6. The van der Waals surface area contributed by atoms with E-state index in [1.807, 2.05) is 11.0 Å². The van der Waals surface area contributed by atoms with Gasteiger partial charge in [-0.3, -0.25) is 14.5 Å². The van der Waals surface area contributed by atoms with E-state index in [1.165, 1.54) is 5.56 Å². The molecule has 6 nitrogen and oxygen atoms in total. The molecule has 1 atom stereocenters. The molecule has 1 aromatic rings. The number of likely N-dealkylation sites (tertiary alicyclic amines) is 2. The number of nitrogens with zero attached hydrogens (tertiary/aromatic N) is 2. The van der Waals surface area contributed by atoms with E-state index in [0.29, 0.717) is 6.54 Å². The van der Waals surface area contributed by atoms with Crippen LogP contribution in [0.25, 0.3) is 0 Å². The minimum Gasteiger partial charge on any atom is -0.394 e. The van der Waals surface area contributed by atoms with Crippen molar-refractivity contribution in [3.8, 4) is 0 Å². The summed E-state index contributed by atoms with van der Waals surface area (Å²) in [4.78, 5) is 29.3. The highest BCUT2D eigenvalue weighted by Crippen LogP contribution is 2.26. The van der Waals surface area contributed by atoms with Crippen molar-refractivity contribution in [2.45, 2.75) is 51.2 Å². The first-order valence-corrected chi connectivity index (χ1v) is 9.86. The van der Waals surface area contributed by atoms with Crippen LogP contribution < -0.4 is 5.32 Å². The molecule has 148 valence electrons. The van der Waals surface area contributed by atoms with E-state index in [-0.39, 0.29) is 36.8 Å². The van der Waals surface area contributed by atoms with Crippen molar-refractivity contribution in [2.24, 2.45) is 5.92 Å². The van der Waals surface area contributed by atoms with Crippen LogP contribution in [0.4, 0.5) is 0 Å². The number of benzene rings is 1. The topological polar surface area (TPSA) is 72.9 Å². The van der Waals surface area contributed by atoms with Crippen LogP contribution >= 0.6 is 0 Å². The van der Waals surface area contributed by atoms with Gasteiger partial charge in [-0.15, -0.1) is 0 Å². The van der Waals surface area contributed by atoms with Gasteiger partial charge < -0.3 is 15.3 Å². The summed E-state index contributed by atoms with van der Waals surface area (Å²) in [7, 11) is 0. The number of aliphatic hydroxyl groups is 1. The zero-order valence-electron chi connectivity index (χ0n) is 16.4. The maximum absolute atomic E-state index is 12.5. The molecule has 1 aromatic carbocycles. The Hall–Kier alpha value is -1.92. The van der Waals surface area contributed by atoms with Crippen molar-refractivity contribution in [3.05, 3.63) is 35.9 Å². The smallest absolute Gasteiger partial charge is 0.225 e. The third kappa shape index (κ3) is 5.08. The van der Waals surface area contributed by atoms with E-state index in [1.54, 1.807) is 13.8 Å². The van der Waals surface area contributed by atoms with Crippen LogP contribution in [-0.2, 0) is 16.1 Å². The maximum Gasteiger partial charge on any atom is 0.225 e. The molecule has 27 heavy (non-hydrogen) atoms. The van der Waals surface area contributed by atoms with E-state index < -0.39 is 5.54 Å². The highest BCUT2D eigenvalue weighted by molar-refractivity contribution is 5.89. The number of carbonyl (C=O) groups is 2. The Bertz CT molecular complexity index is 654. The van der Waals surface area contributed by atoms with Crippen molar-refractivity contribution < 1.29 is 14.7 Å². The highest BCUT2D eigenvalue weighted by Gasteiger charge is 2.39. The molecule has 2 amide bonds. The average Bonchev–Trinajstić information content (AvgIpc) is 3.05. The lowest BCUT2D eigenvalue weighted by atomic mass is 10.0. The second-order valence-corrected chi connectivity index (χ2v) is 8.47. The third-order valence-electron chi connectivity index (χ3n) is 5.63. The largest absolute Gasteiger partial charge is 0.394 e. The molecular formula is C21H31N3O3. The van der Waals surface area contributed by atoms with E-state index in [9.17, 15) is 14.7 Å². The minimum absolute atomic E-state index is 0.0819. The molecule has 0 saturated carbocycles. The molecule has 2 heterocycles. The first-order valence-electron chi connectivity index (χ1n) is 9.86. The summed E-state index contributed by atoms with van der Waals surface area (Å²) in [5.74, 6) is -0.365. The fraction of sp³-hybridized carbons (Fsp3) is 0.619. The van der Waals surface area contributed by atoms with Crippen molar-refractivity contribution in [1.29, 1.82) is 0 Å². The molecule has 0 aliphatic carbocycles. The lowest BCUT2D eigenvalue weighted by Crippen LogP contribution is -2.49. The van der Waals surface area contributed by atoms with Crippen LogP contribution in [0.5, 0.6) is 0 Å². The summed E-state index contributed by atoms with van der Waals surface area (Å²) in [6, 6.07) is 10.7. The normalized spacial score (nSPS) is 22.3. The number of hydrogen-bond donors (Lipinski definition) is 2. The van der Waals surface area contributed by atoms with Gasteiger partial charge in [-0.25, -0.2) is 0 Å². The van der Waals surface area contributed by atoms with Crippen LogP contribution in [0.2, 0.25) is 0 Å². The van der Waals surface area contributed by atoms with Gasteiger partial charge in [0.05, 0.1) is 18.1 Å². The van der Waals surface area contributed by atoms with E-state index >= 15 is 0 Å². The van der Waals surface area contributed by atoms with Gasteiger partial charge in [-0.05, 0) is 32.3 Å². The molecule has 2 aliphatic heterocycles. The van der Waals surface area contributed by atoms with Crippen LogP contribution in [0, 0.1) is 5.92 Å². The molecule has 0 radical (unpaired) electrons. The molecule has 2 fully saturated rings. The summed E-state index contributed by atoms with van der Waals surface area (Å²) in [5, 5.41) is 12.2. The summed E-state index contributed by atoms with van der Waals surface area (Å²) in [6.45, 7) is 6.82. The second kappa shape index (κ2) is 8.40. The molecule has 0 spiro atoms. The second-order valence-electron chi connectivity index (χ2n) is 8.47. The summed E-state index contributed by atoms with van der Waals surface area (Å²) < 4.78 is 0. The quantitative estimate of drug-likeness (QED) is 0.790. The molecule has 6 heteroatoms. The van der Waals surface area contributed by atoms with Crippen LogP contribution in [-0.4, -0.2) is 64.5 Å². The molecule has 2 saturated heterocycles.